The van der Waals surface area contributed by atoms with Crippen LogP contribution in [-0.2, 0) is 49.4 Å². The smallest absolute Gasteiger partial charge is 0.0585 e. The fourth-order valence-corrected chi connectivity index (χ4v) is 12.0. The van der Waals surface area contributed by atoms with E-state index in [2.05, 4.69) is 76.7 Å². The lowest BCUT2D eigenvalue weighted by Gasteiger charge is -2.32. The Kier molecular flexibility index (Phi) is 13.4. The van der Waals surface area contributed by atoms with Gasteiger partial charge >= 0.3 is 0 Å². The Morgan fingerprint density at radius 2 is 1.00 bits per heavy atom. The van der Waals surface area contributed by atoms with Crippen molar-refractivity contribution in [1.82, 2.24) is 16.0 Å². The highest BCUT2D eigenvalue weighted by molar-refractivity contribution is 7.13. The van der Waals surface area contributed by atoms with Crippen LogP contribution in [0.3, 0.4) is 0 Å². The minimum Gasteiger partial charge on any atom is -0.316 e. The number of hydrogen-bond donors (Lipinski definition) is 3. The largest absolute Gasteiger partial charge is 0.316 e. The summed E-state index contributed by atoms with van der Waals surface area (Å²) in [7, 11) is 0. The molecule has 0 unspecified atom stereocenters. The zero-order valence-corrected chi connectivity index (χ0v) is 33.3. The highest BCUT2D eigenvalue weighted by atomic mass is 35.5. The molecule has 9 heteroatoms. The van der Waals surface area contributed by atoms with E-state index in [4.69, 9.17) is 34.8 Å². The molecule has 0 aliphatic carbocycles. The third-order valence-corrected chi connectivity index (χ3v) is 14.5. The van der Waals surface area contributed by atoms with Crippen LogP contribution < -0.4 is 16.0 Å². The molecule has 3 N–H and O–H groups in total. The summed E-state index contributed by atoms with van der Waals surface area (Å²) in [6.45, 7) is 24.8. The van der Waals surface area contributed by atoms with Crippen molar-refractivity contribution in [3.05, 3.63) is 61.5 Å². The van der Waals surface area contributed by atoms with Crippen LogP contribution in [0.25, 0.3) is 0 Å². The molecule has 252 valence electrons. The Bertz CT molecular complexity index is 1410. The SMILES string of the molecule is CC(C)(C)CC(C)(C)c1sc2c(c1Cl)CCNCC2.CC(C)(C)c1sc2c(c1Cl)CCNCC2.Clc1csc2c1CCNCC2. The molecule has 3 aliphatic rings. The van der Waals surface area contributed by atoms with Crippen LogP contribution in [-0.4, -0.2) is 39.3 Å². The summed E-state index contributed by atoms with van der Waals surface area (Å²) in [5, 5.41) is 15.3. The van der Waals surface area contributed by atoms with Gasteiger partial charge in [0.25, 0.3) is 0 Å². The zero-order valence-electron chi connectivity index (χ0n) is 28.6. The molecular weight excluding hydrogens is 677 g/mol. The summed E-state index contributed by atoms with van der Waals surface area (Å²) >= 11 is 24.9. The third kappa shape index (κ3) is 10.2. The summed E-state index contributed by atoms with van der Waals surface area (Å²) in [5.74, 6) is 0. The van der Waals surface area contributed by atoms with Crippen LogP contribution in [0.15, 0.2) is 5.38 Å². The lowest BCUT2D eigenvalue weighted by Crippen LogP contribution is -2.24. The summed E-state index contributed by atoms with van der Waals surface area (Å²) in [4.78, 5) is 7.23. The van der Waals surface area contributed by atoms with Crippen molar-refractivity contribution in [3.63, 3.8) is 0 Å². The standard InChI is InChI=1S/C16H26ClNS.C12H18ClNS.C8H10ClNS/c1-15(2,3)10-16(4,5)14-13(17)11-6-8-18-9-7-12(11)19-14;1-12(2,3)11-10(13)8-4-6-14-7-5-9(8)15-11;9-7-5-11-8-2-4-10-3-1-6(7)8/h18H,6-10H2,1-5H3;14H,4-7H2,1-3H3;5,10H,1-4H2. The van der Waals surface area contributed by atoms with E-state index in [0.717, 1.165) is 99.3 Å². The molecule has 3 aliphatic heterocycles. The molecule has 0 amide bonds. The van der Waals surface area contributed by atoms with E-state index < -0.39 is 0 Å². The minimum atomic E-state index is 0.166. The Labute approximate surface area is 300 Å². The molecule has 3 aromatic rings. The van der Waals surface area contributed by atoms with Crippen LogP contribution in [0.4, 0.5) is 0 Å². The van der Waals surface area contributed by atoms with Crippen molar-refractivity contribution in [3.8, 4) is 0 Å². The minimum absolute atomic E-state index is 0.166. The van der Waals surface area contributed by atoms with Crippen molar-refractivity contribution in [1.29, 1.82) is 0 Å². The number of rotatable bonds is 2. The summed E-state index contributed by atoms with van der Waals surface area (Å²) < 4.78 is 0. The Hall–Kier alpha value is -0.150. The molecule has 0 saturated carbocycles. The molecule has 0 fully saturated rings. The first-order valence-electron chi connectivity index (χ1n) is 16.6. The normalized spacial score (nSPS) is 17.3. The second kappa shape index (κ2) is 16.0. The summed E-state index contributed by atoms with van der Waals surface area (Å²) in [5.41, 5.74) is 4.86. The number of hydrogen-bond acceptors (Lipinski definition) is 6. The van der Waals surface area contributed by atoms with Crippen LogP contribution in [0.2, 0.25) is 15.1 Å². The van der Waals surface area contributed by atoms with Crippen LogP contribution in [0.5, 0.6) is 0 Å². The molecule has 6 rings (SSSR count). The van der Waals surface area contributed by atoms with E-state index in [0.29, 0.717) is 5.41 Å². The molecule has 0 bridgehead atoms. The molecule has 0 aromatic carbocycles. The molecule has 3 aromatic heterocycles. The molecule has 6 heterocycles. The third-order valence-electron chi connectivity index (χ3n) is 8.49. The highest BCUT2D eigenvalue weighted by Gasteiger charge is 2.33. The van der Waals surface area contributed by atoms with Crippen LogP contribution in [0.1, 0.15) is 103 Å². The van der Waals surface area contributed by atoms with Gasteiger partial charge in [-0.1, -0.05) is 90.2 Å². The van der Waals surface area contributed by atoms with Crippen LogP contribution >= 0.6 is 68.8 Å². The van der Waals surface area contributed by atoms with E-state index in [1.54, 1.807) is 11.3 Å². The average Bonchev–Trinajstić information content (AvgIpc) is 3.31. The Morgan fingerprint density at radius 3 is 1.49 bits per heavy atom. The molecule has 0 radical (unpaired) electrons. The maximum absolute atomic E-state index is 6.71. The number of halogens is 3. The number of fused-ring (bicyclic) bond motifs is 3. The van der Waals surface area contributed by atoms with Crippen molar-refractivity contribution < 1.29 is 0 Å². The first-order chi connectivity index (χ1) is 21.1. The van der Waals surface area contributed by atoms with E-state index in [-0.39, 0.29) is 10.8 Å². The van der Waals surface area contributed by atoms with Gasteiger partial charge in [-0.05, 0) is 112 Å². The van der Waals surface area contributed by atoms with Crippen molar-refractivity contribution >= 4 is 68.8 Å². The monoisotopic (exact) mass is 729 g/mol. The van der Waals surface area contributed by atoms with Gasteiger partial charge in [0.05, 0.1) is 15.1 Å². The predicted octanol–water partition coefficient (Wildman–Crippen LogP) is 10.3. The fourth-order valence-electron chi connectivity index (χ4n) is 6.69. The first-order valence-corrected chi connectivity index (χ1v) is 20.2. The average molecular weight is 731 g/mol. The zero-order chi connectivity index (χ0) is 33.0. The highest BCUT2D eigenvalue weighted by Crippen LogP contribution is 2.46. The molecule has 3 nitrogen and oxygen atoms in total. The quantitative estimate of drug-likeness (QED) is 0.246. The second-order valence-corrected chi connectivity index (χ2v) is 19.7. The van der Waals surface area contributed by atoms with Crippen molar-refractivity contribution in [2.75, 3.05) is 39.3 Å². The second-order valence-electron chi connectivity index (χ2n) is 15.4. The number of nitrogens with one attached hydrogen (secondary N) is 3. The van der Waals surface area contributed by atoms with Gasteiger partial charge in [0.2, 0.25) is 0 Å². The van der Waals surface area contributed by atoms with E-state index in [1.807, 2.05) is 22.7 Å². The summed E-state index contributed by atoms with van der Waals surface area (Å²) in [6.07, 6.45) is 7.83. The van der Waals surface area contributed by atoms with E-state index in [9.17, 15) is 0 Å². The number of thiophene rings is 3. The van der Waals surface area contributed by atoms with Gasteiger partial charge in [0, 0.05) is 35.2 Å². The first kappa shape index (κ1) is 37.7. The van der Waals surface area contributed by atoms with Crippen LogP contribution in [0, 0.1) is 5.41 Å². The topological polar surface area (TPSA) is 36.1 Å². The predicted molar refractivity (Wildman–Crippen MR) is 205 cm³/mol. The summed E-state index contributed by atoms with van der Waals surface area (Å²) in [6, 6.07) is 0. The van der Waals surface area contributed by atoms with Gasteiger partial charge in [-0.15, -0.1) is 34.0 Å². The van der Waals surface area contributed by atoms with Crippen molar-refractivity contribution in [2.24, 2.45) is 5.41 Å². The molecule has 0 spiro atoms. The van der Waals surface area contributed by atoms with Gasteiger partial charge in [-0.25, -0.2) is 0 Å². The molecule has 45 heavy (non-hydrogen) atoms. The van der Waals surface area contributed by atoms with E-state index >= 15 is 0 Å². The lowest BCUT2D eigenvalue weighted by molar-refractivity contribution is 0.287. The molecular formula is C36H54Cl3N3S3. The molecule has 0 atom stereocenters. The van der Waals surface area contributed by atoms with Gasteiger partial charge < -0.3 is 16.0 Å². The van der Waals surface area contributed by atoms with Gasteiger partial charge in [-0.3, -0.25) is 0 Å². The van der Waals surface area contributed by atoms with Crippen molar-refractivity contribution in [2.45, 2.75) is 111 Å². The van der Waals surface area contributed by atoms with Gasteiger partial charge in [-0.2, -0.15) is 0 Å². The molecule has 0 saturated heterocycles. The van der Waals surface area contributed by atoms with Gasteiger partial charge in [0.1, 0.15) is 0 Å². The lowest BCUT2D eigenvalue weighted by atomic mass is 9.75. The Morgan fingerprint density at radius 1 is 0.578 bits per heavy atom. The van der Waals surface area contributed by atoms with Gasteiger partial charge in [0.15, 0.2) is 0 Å². The fraction of sp³-hybridized carbons (Fsp3) is 0.667. The van der Waals surface area contributed by atoms with E-state index in [1.165, 1.54) is 41.1 Å². The maximum atomic E-state index is 6.71. The Balaban J connectivity index is 0.000000159. The maximum Gasteiger partial charge on any atom is 0.0585 e.